The maximum Gasteiger partial charge on any atom is 0.253 e. The molecule has 4 heteroatoms. The van der Waals surface area contributed by atoms with Crippen molar-refractivity contribution in [1.82, 2.24) is 9.88 Å². The molecule has 0 atom stereocenters. The largest absolute Gasteiger partial charge is 0.342 e. The third-order valence-electron chi connectivity index (χ3n) is 3.01. The lowest BCUT2D eigenvalue weighted by atomic mass is 9.92. The molecule has 1 aromatic rings. The molecule has 0 aromatic carbocycles. The molecule has 1 amide bonds. The van der Waals surface area contributed by atoms with Crippen LogP contribution in [0.2, 0.25) is 0 Å². The van der Waals surface area contributed by atoms with Crippen LogP contribution in [0.15, 0.2) is 18.3 Å². The molecule has 0 fully saturated rings. The Balaban J connectivity index is 2.68. The van der Waals surface area contributed by atoms with Gasteiger partial charge in [0, 0.05) is 37.5 Å². The number of nitrogens with two attached hydrogens (primary N) is 1. The zero-order chi connectivity index (χ0) is 14.5. The molecule has 0 spiro atoms. The molecule has 0 radical (unpaired) electrons. The number of hydrogen-bond donors (Lipinski definition) is 1. The van der Waals surface area contributed by atoms with E-state index in [4.69, 9.17) is 5.73 Å². The number of carbonyl (C=O) groups excluding carboxylic acids is 1. The fourth-order valence-electron chi connectivity index (χ4n) is 1.72. The molecule has 0 saturated heterocycles. The van der Waals surface area contributed by atoms with Crippen LogP contribution in [-0.4, -0.2) is 35.9 Å². The first-order valence-corrected chi connectivity index (χ1v) is 6.74. The summed E-state index contributed by atoms with van der Waals surface area (Å²) in [5.74, 6) is 0.0462. The van der Waals surface area contributed by atoms with Gasteiger partial charge in [-0.3, -0.25) is 9.78 Å². The Morgan fingerprint density at radius 3 is 2.68 bits per heavy atom. The highest BCUT2D eigenvalue weighted by Crippen LogP contribution is 2.19. The lowest BCUT2D eigenvalue weighted by Gasteiger charge is -2.23. The van der Waals surface area contributed by atoms with Gasteiger partial charge in [-0.25, -0.2) is 0 Å². The smallest absolute Gasteiger partial charge is 0.253 e. The van der Waals surface area contributed by atoms with Crippen molar-refractivity contribution in [3.63, 3.8) is 0 Å². The highest BCUT2D eigenvalue weighted by atomic mass is 16.2. The summed E-state index contributed by atoms with van der Waals surface area (Å²) >= 11 is 0. The van der Waals surface area contributed by atoms with E-state index in [-0.39, 0.29) is 11.3 Å². The predicted molar refractivity (Wildman–Crippen MR) is 78.0 cm³/mol. The molecule has 1 aromatic heterocycles. The molecule has 1 heterocycles. The molecule has 0 aliphatic carbocycles. The van der Waals surface area contributed by atoms with E-state index in [1.165, 1.54) is 0 Å². The third kappa shape index (κ3) is 5.39. The van der Waals surface area contributed by atoms with Crippen LogP contribution in [0.3, 0.4) is 0 Å². The van der Waals surface area contributed by atoms with E-state index < -0.39 is 0 Å². The summed E-state index contributed by atoms with van der Waals surface area (Å²) in [6.07, 6.45) is 3.36. The van der Waals surface area contributed by atoms with Crippen LogP contribution in [0.5, 0.6) is 0 Å². The zero-order valence-corrected chi connectivity index (χ0v) is 12.4. The summed E-state index contributed by atoms with van der Waals surface area (Å²) in [7, 11) is 1.84. The minimum absolute atomic E-state index is 0.0462. The number of hydrogen-bond acceptors (Lipinski definition) is 3. The third-order valence-corrected chi connectivity index (χ3v) is 3.01. The lowest BCUT2D eigenvalue weighted by molar-refractivity contribution is 0.0780. The standard InChI is InChI=1S/C15H25N3O/c1-15(2,3)7-10-18(4)14(19)12-6-9-17-13(11-12)5-8-16/h6,9,11H,5,7-8,10,16H2,1-4H3. The second-order valence-electron chi connectivity index (χ2n) is 6.11. The first-order valence-electron chi connectivity index (χ1n) is 6.74. The van der Waals surface area contributed by atoms with Gasteiger partial charge in [0.25, 0.3) is 5.91 Å². The van der Waals surface area contributed by atoms with Crippen molar-refractivity contribution in [3.05, 3.63) is 29.6 Å². The molecular formula is C15H25N3O. The highest BCUT2D eigenvalue weighted by Gasteiger charge is 2.16. The van der Waals surface area contributed by atoms with Crippen LogP contribution in [0.25, 0.3) is 0 Å². The Kier molecular flexibility index (Phi) is 5.48. The highest BCUT2D eigenvalue weighted by molar-refractivity contribution is 5.94. The number of aromatic nitrogens is 1. The molecular weight excluding hydrogens is 238 g/mol. The fraction of sp³-hybridized carbons (Fsp3) is 0.600. The van der Waals surface area contributed by atoms with E-state index in [2.05, 4.69) is 25.8 Å². The second-order valence-corrected chi connectivity index (χ2v) is 6.11. The van der Waals surface area contributed by atoms with Gasteiger partial charge in [-0.15, -0.1) is 0 Å². The number of pyridine rings is 1. The average Bonchev–Trinajstić information content (AvgIpc) is 2.35. The van der Waals surface area contributed by atoms with Gasteiger partial charge in [0.15, 0.2) is 0 Å². The summed E-state index contributed by atoms with van der Waals surface area (Å²) in [6, 6.07) is 3.60. The van der Waals surface area contributed by atoms with Crippen molar-refractivity contribution in [2.24, 2.45) is 11.1 Å². The quantitative estimate of drug-likeness (QED) is 0.885. The summed E-state index contributed by atoms with van der Waals surface area (Å²) in [5.41, 5.74) is 7.30. The molecule has 0 aliphatic heterocycles. The summed E-state index contributed by atoms with van der Waals surface area (Å²) in [4.78, 5) is 18.3. The number of amides is 1. The molecule has 4 nitrogen and oxygen atoms in total. The van der Waals surface area contributed by atoms with Gasteiger partial charge < -0.3 is 10.6 Å². The number of carbonyl (C=O) groups is 1. The van der Waals surface area contributed by atoms with Gasteiger partial charge >= 0.3 is 0 Å². The van der Waals surface area contributed by atoms with E-state index in [1.807, 2.05) is 13.1 Å². The Morgan fingerprint density at radius 2 is 2.11 bits per heavy atom. The van der Waals surface area contributed by atoms with Gasteiger partial charge in [-0.05, 0) is 30.5 Å². The first kappa shape index (κ1) is 15.6. The van der Waals surface area contributed by atoms with Gasteiger partial charge in [-0.2, -0.15) is 0 Å². The van der Waals surface area contributed by atoms with Gasteiger partial charge in [-0.1, -0.05) is 20.8 Å². The van der Waals surface area contributed by atoms with E-state index in [1.54, 1.807) is 17.2 Å². The topological polar surface area (TPSA) is 59.2 Å². The molecule has 0 aliphatic rings. The summed E-state index contributed by atoms with van der Waals surface area (Å²) < 4.78 is 0. The molecule has 106 valence electrons. The Hall–Kier alpha value is -1.42. The second kappa shape index (κ2) is 6.66. The van der Waals surface area contributed by atoms with Crippen molar-refractivity contribution < 1.29 is 4.79 Å². The number of nitrogens with zero attached hydrogens (tertiary/aromatic N) is 2. The molecule has 0 saturated carbocycles. The minimum Gasteiger partial charge on any atom is -0.342 e. The van der Waals surface area contributed by atoms with Gasteiger partial charge in [0.1, 0.15) is 0 Å². The van der Waals surface area contributed by atoms with Gasteiger partial charge in [0.05, 0.1) is 0 Å². The van der Waals surface area contributed by atoms with Crippen LogP contribution in [-0.2, 0) is 6.42 Å². The molecule has 0 unspecified atom stereocenters. The van der Waals surface area contributed by atoms with E-state index in [0.29, 0.717) is 18.5 Å². The maximum atomic E-state index is 12.3. The van der Waals surface area contributed by atoms with Crippen LogP contribution >= 0.6 is 0 Å². The van der Waals surface area contributed by atoms with Crippen molar-refractivity contribution in [2.45, 2.75) is 33.6 Å². The van der Waals surface area contributed by atoms with Crippen molar-refractivity contribution >= 4 is 5.91 Å². The summed E-state index contributed by atoms with van der Waals surface area (Å²) in [6.45, 7) is 7.84. The van der Waals surface area contributed by atoms with E-state index in [0.717, 1.165) is 18.7 Å². The lowest BCUT2D eigenvalue weighted by Crippen LogP contribution is -2.30. The van der Waals surface area contributed by atoms with Crippen molar-refractivity contribution in [2.75, 3.05) is 20.1 Å². The Labute approximate surface area is 116 Å². The number of rotatable bonds is 5. The van der Waals surface area contributed by atoms with Crippen LogP contribution in [0, 0.1) is 5.41 Å². The average molecular weight is 263 g/mol. The normalized spacial score (nSPS) is 11.4. The Bertz CT molecular complexity index is 424. The molecule has 19 heavy (non-hydrogen) atoms. The van der Waals surface area contributed by atoms with Crippen LogP contribution < -0.4 is 5.73 Å². The first-order chi connectivity index (χ1) is 8.83. The predicted octanol–water partition coefficient (Wildman–Crippen LogP) is 2.09. The minimum atomic E-state index is 0.0462. The molecule has 2 N–H and O–H groups in total. The molecule has 1 rings (SSSR count). The van der Waals surface area contributed by atoms with E-state index >= 15 is 0 Å². The van der Waals surface area contributed by atoms with Crippen LogP contribution in [0.4, 0.5) is 0 Å². The summed E-state index contributed by atoms with van der Waals surface area (Å²) in [5, 5.41) is 0. The van der Waals surface area contributed by atoms with Crippen LogP contribution in [0.1, 0.15) is 43.2 Å². The van der Waals surface area contributed by atoms with Crippen molar-refractivity contribution in [1.29, 1.82) is 0 Å². The Morgan fingerprint density at radius 1 is 1.42 bits per heavy atom. The monoisotopic (exact) mass is 263 g/mol. The SMILES string of the molecule is CN(CCC(C)(C)C)C(=O)c1ccnc(CCN)c1. The molecule has 0 bridgehead atoms. The fourth-order valence-corrected chi connectivity index (χ4v) is 1.72. The van der Waals surface area contributed by atoms with E-state index in [9.17, 15) is 4.79 Å². The zero-order valence-electron chi connectivity index (χ0n) is 12.4. The van der Waals surface area contributed by atoms with Crippen molar-refractivity contribution in [3.8, 4) is 0 Å². The van der Waals surface area contributed by atoms with Gasteiger partial charge in [0.2, 0.25) is 0 Å². The maximum absolute atomic E-state index is 12.3.